The number of hydrogen-bond acceptors (Lipinski definition) is 6. The maximum atomic E-state index is 10.5. The molecule has 14 heavy (non-hydrogen) atoms. The Hall–Kier alpha value is -1.28. The molecule has 2 aromatic rings. The van der Waals surface area contributed by atoms with E-state index in [0.29, 0.717) is 10.2 Å². The summed E-state index contributed by atoms with van der Waals surface area (Å²) in [5.41, 5.74) is 0.454. The molecule has 0 amide bonds. The van der Waals surface area contributed by atoms with E-state index in [9.17, 15) is 4.79 Å². The summed E-state index contributed by atoms with van der Waals surface area (Å²) in [6.07, 6.45) is 0. The van der Waals surface area contributed by atoms with Crippen molar-refractivity contribution in [3.63, 3.8) is 0 Å². The number of halogens is 1. The van der Waals surface area contributed by atoms with Crippen molar-refractivity contribution >= 4 is 33.4 Å². The molecule has 0 saturated carbocycles. The second-order valence-corrected chi connectivity index (χ2v) is 3.72. The number of aromatic nitrogens is 3. The monoisotopic (exact) mass is 275 g/mol. The molecule has 0 atom stereocenters. The third-order valence-corrected chi connectivity index (χ3v) is 2.88. The van der Waals surface area contributed by atoms with Crippen molar-refractivity contribution in [2.24, 2.45) is 0 Å². The molecular formula is C6H2BrN3O3S. The molecule has 72 valence electrons. The molecular weight excluding hydrogens is 274 g/mol. The largest absolute Gasteiger partial charge is 0.475 e. The third-order valence-electron chi connectivity index (χ3n) is 1.35. The van der Waals surface area contributed by atoms with Crippen LogP contribution in [0.3, 0.4) is 0 Å². The first kappa shape index (κ1) is 9.28. The van der Waals surface area contributed by atoms with Gasteiger partial charge < -0.3 is 9.63 Å². The number of carbonyl (C=O) groups is 1. The Morgan fingerprint density at radius 1 is 1.64 bits per heavy atom. The predicted octanol–water partition coefficient (Wildman–Crippen LogP) is 1.65. The second-order valence-electron chi connectivity index (χ2n) is 2.24. The van der Waals surface area contributed by atoms with E-state index in [2.05, 4.69) is 30.4 Å². The standard InChI is InChI=1S/C6H2BrN3O3S/c7-2-1-14-10-3(2)5-8-4(6(11)12)9-13-5/h1H,(H,11,12). The van der Waals surface area contributed by atoms with Gasteiger partial charge in [-0.15, -0.1) is 0 Å². The Labute approximate surface area is 89.9 Å². The molecule has 0 saturated heterocycles. The maximum absolute atomic E-state index is 10.5. The molecule has 0 radical (unpaired) electrons. The Balaban J connectivity index is 2.43. The fraction of sp³-hybridized carbons (Fsp3) is 0. The lowest BCUT2D eigenvalue weighted by molar-refractivity contribution is 0.0680. The van der Waals surface area contributed by atoms with Gasteiger partial charge in [-0.2, -0.15) is 9.36 Å². The van der Waals surface area contributed by atoms with Crippen LogP contribution in [0.15, 0.2) is 14.4 Å². The molecule has 0 bridgehead atoms. The molecule has 0 fully saturated rings. The molecule has 8 heteroatoms. The van der Waals surface area contributed by atoms with Crippen molar-refractivity contribution < 1.29 is 14.4 Å². The Bertz CT molecular complexity index is 480. The smallest absolute Gasteiger partial charge is 0.377 e. The van der Waals surface area contributed by atoms with E-state index in [-0.39, 0.29) is 11.7 Å². The van der Waals surface area contributed by atoms with E-state index in [1.807, 2.05) is 0 Å². The van der Waals surface area contributed by atoms with Crippen LogP contribution in [0.4, 0.5) is 0 Å². The van der Waals surface area contributed by atoms with Crippen LogP contribution in [-0.4, -0.2) is 25.6 Å². The normalized spacial score (nSPS) is 10.4. The summed E-state index contributed by atoms with van der Waals surface area (Å²) in [5, 5.41) is 13.6. The van der Waals surface area contributed by atoms with Crippen molar-refractivity contribution in [3.05, 3.63) is 15.7 Å². The quantitative estimate of drug-likeness (QED) is 0.897. The highest BCUT2D eigenvalue weighted by Gasteiger charge is 2.17. The Kier molecular flexibility index (Phi) is 2.30. The molecule has 2 heterocycles. The van der Waals surface area contributed by atoms with Crippen molar-refractivity contribution in [2.45, 2.75) is 0 Å². The van der Waals surface area contributed by atoms with Gasteiger partial charge in [-0.1, -0.05) is 0 Å². The van der Waals surface area contributed by atoms with E-state index < -0.39 is 5.97 Å². The van der Waals surface area contributed by atoms with Crippen LogP contribution >= 0.6 is 27.5 Å². The Morgan fingerprint density at radius 2 is 2.43 bits per heavy atom. The number of nitrogens with zero attached hydrogens (tertiary/aromatic N) is 3. The fourth-order valence-electron chi connectivity index (χ4n) is 0.772. The lowest BCUT2D eigenvalue weighted by atomic mass is 10.4. The number of carboxylic acid groups (broad SMARTS) is 1. The van der Waals surface area contributed by atoms with Crippen LogP contribution < -0.4 is 0 Å². The highest BCUT2D eigenvalue weighted by molar-refractivity contribution is 9.10. The van der Waals surface area contributed by atoms with E-state index in [1.54, 1.807) is 5.38 Å². The molecule has 0 aliphatic carbocycles. The van der Waals surface area contributed by atoms with Gasteiger partial charge in [-0.05, 0) is 32.6 Å². The van der Waals surface area contributed by atoms with E-state index in [1.165, 1.54) is 11.5 Å². The summed E-state index contributed by atoms with van der Waals surface area (Å²) < 4.78 is 9.38. The van der Waals surface area contributed by atoms with E-state index in [0.717, 1.165) is 0 Å². The Morgan fingerprint density at radius 3 is 2.93 bits per heavy atom. The van der Waals surface area contributed by atoms with Crippen LogP contribution in [0.1, 0.15) is 10.6 Å². The number of carboxylic acids is 1. The highest BCUT2D eigenvalue weighted by atomic mass is 79.9. The summed E-state index contributed by atoms with van der Waals surface area (Å²) in [6.45, 7) is 0. The van der Waals surface area contributed by atoms with Crippen molar-refractivity contribution in [1.29, 1.82) is 0 Å². The minimum atomic E-state index is -1.23. The number of aromatic carboxylic acids is 1. The van der Waals surface area contributed by atoms with Crippen LogP contribution in [0, 0.1) is 0 Å². The fourth-order valence-corrected chi connectivity index (χ4v) is 1.94. The molecule has 2 aromatic heterocycles. The lowest BCUT2D eigenvalue weighted by Crippen LogP contribution is -1.98. The van der Waals surface area contributed by atoms with Crippen LogP contribution in [0.2, 0.25) is 0 Å². The minimum Gasteiger partial charge on any atom is -0.475 e. The molecule has 0 aliphatic heterocycles. The molecule has 0 unspecified atom stereocenters. The zero-order valence-electron chi connectivity index (χ0n) is 6.47. The average molecular weight is 276 g/mol. The third kappa shape index (κ3) is 1.53. The highest BCUT2D eigenvalue weighted by Crippen LogP contribution is 2.26. The molecule has 2 rings (SSSR count). The van der Waals surface area contributed by atoms with Crippen molar-refractivity contribution in [3.8, 4) is 11.6 Å². The molecule has 1 N–H and O–H groups in total. The van der Waals surface area contributed by atoms with Gasteiger partial charge in [0.2, 0.25) is 0 Å². The molecule has 6 nitrogen and oxygen atoms in total. The lowest BCUT2D eigenvalue weighted by Gasteiger charge is -1.84. The van der Waals surface area contributed by atoms with Gasteiger partial charge >= 0.3 is 5.97 Å². The first-order chi connectivity index (χ1) is 6.68. The summed E-state index contributed by atoms with van der Waals surface area (Å²) in [6, 6.07) is 0. The van der Waals surface area contributed by atoms with Gasteiger partial charge in [-0.25, -0.2) is 4.79 Å². The van der Waals surface area contributed by atoms with E-state index in [4.69, 9.17) is 9.63 Å². The first-order valence-corrected chi connectivity index (χ1v) is 4.98. The number of rotatable bonds is 2. The zero-order chi connectivity index (χ0) is 10.1. The number of hydrogen-bond donors (Lipinski definition) is 1. The average Bonchev–Trinajstić information content (AvgIpc) is 2.71. The topological polar surface area (TPSA) is 89.1 Å². The molecule has 0 spiro atoms. The summed E-state index contributed by atoms with van der Waals surface area (Å²) >= 11 is 4.43. The predicted molar refractivity (Wildman–Crippen MR) is 50.1 cm³/mol. The van der Waals surface area contributed by atoms with Gasteiger partial charge in [0.05, 0.1) is 4.47 Å². The second kappa shape index (κ2) is 3.46. The summed E-state index contributed by atoms with van der Waals surface area (Å²) in [5.74, 6) is -1.51. The van der Waals surface area contributed by atoms with Crippen molar-refractivity contribution in [2.75, 3.05) is 0 Å². The summed E-state index contributed by atoms with van der Waals surface area (Å²) in [7, 11) is 0. The SMILES string of the molecule is O=C(O)c1noc(-c2nscc2Br)n1. The van der Waals surface area contributed by atoms with Gasteiger partial charge in [0.15, 0.2) is 5.69 Å². The molecule has 0 aliphatic rings. The van der Waals surface area contributed by atoms with Gasteiger partial charge in [-0.3, -0.25) is 0 Å². The van der Waals surface area contributed by atoms with Crippen molar-refractivity contribution in [1.82, 2.24) is 14.5 Å². The maximum Gasteiger partial charge on any atom is 0.377 e. The molecule has 0 aromatic carbocycles. The van der Waals surface area contributed by atoms with Crippen LogP contribution in [-0.2, 0) is 0 Å². The summed E-state index contributed by atoms with van der Waals surface area (Å²) in [4.78, 5) is 14.1. The first-order valence-electron chi connectivity index (χ1n) is 3.35. The minimum absolute atomic E-state index is 0.0931. The van der Waals surface area contributed by atoms with Crippen LogP contribution in [0.25, 0.3) is 11.6 Å². The zero-order valence-corrected chi connectivity index (χ0v) is 8.87. The van der Waals surface area contributed by atoms with Gasteiger partial charge in [0.1, 0.15) is 0 Å². The van der Waals surface area contributed by atoms with Crippen LogP contribution in [0.5, 0.6) is 0 Å². The van der Waals surface area contributed by atoms with E-state index >= 15 is 0 Å². The van der Waals surface area contributed by atoms with Gasteiger partial charge in [0.25, 0.3) is 11.7 Å². The van der Waals surface area contributed by atoms with Gasteiger partial charge in [0, 0.05) is 5.38 Å².